The number of rotatable bonds is 5. The Morgan fingerprint density at radius 3 is 2.31 bits per heavy atom. The molecule has 0 aliphatic heterocycles. The molecule has 1 amide bonds. The van der Waals surface area contributed by atoms with Crippen LogP contribution in [-0.2, 0) is 0 Å². The van der Waals surface area contributed by atoms with E-state index >= 15 is 0 Å². The maximum Gasteiger partial charge on any atom is 0.287 e. The van der Waals surface area contributed by atoms with E-state index in [1.54, 1.807) is 13.0 Å². The molecule has 0 bridgehead atoms. The van der Waals surface area contributed by atoms with Gasteiger partial charge in [0.15, 0.2) is 5.76 Å². The van der Waals surface area contributed by atoms with Crippen LogP contribution in [-0.4, -0.2) is 46.6 Å². The molecule has 1 aromatic rings. The summed E-state index contributed by atoms with van der Waals surface area (Å²) in [5.74, 6) is -0.487. The van der Waals surface area contributed by atoms with Gasteiger partial charge in [0.2, 0.25) is 0 Å². The van der Waals surface area contributed by atoms with Crippen molar-refractivity contribution in [3.8, 4) is 0 Å². The molecule has 90 valence electrons. The topological polar surface area (TPSA) is 103 Å². The fourth-order valence-electron chi connectivity index (χ4n) is 1.17. The first-order valence-electron chi connectivity index (χ1n) is 4.78. The predicted octanol–water partition coefficient (Wildman–Crippen LogP) is -0.966. The van der Waals surface area contributed by atoms with Crippen LogP contribution in [0.5, 0.6) is 0 Å². The third-order valence-corrected chi connectivity index (χ3v) is 2.36. The van der Waals surface area contributed by atoms with Gasteiger partial charge < -0.3 is 25.1 Å². The second-order valence-electron chi connectivity index (χ2n) is 3.64. The van der Waals surface area contributed by atoms with Crippen LogP contribution in [0.1, 0.15) is 16.1 Å². The number of carbonyl (C=O) groups excluding carboxylic acids is 1. The molecule has 0 aliphatic carbocycles. The van der Waals surface area contributed by atoms with Crippen LogP contribution < -0.4 is 5.32 Å². The summed E-state index contributed by atoms with van der Waals surface area (Å²) < 4.78 is 4.95. The molecule has 0 aliphatic rings. The summed E-state index contributed by atoms with van der Waals surface area (Å²) in [6.07, 6.45) is 1.36. The zero-order valence-electron chi connectivity index (χ0n) is 8.93. The molecule has 4 N–H and O–H groups in total. The quantitative estimate of drug-likeness (QED) is 0.520. The summed E-state index contributed by atoms with van der Waals surface area (Å²) in [5, 5.41) is 29.4. The highest BCUT2D eigenvalue weighted by molar-refractivity contribution is 5.93. The molecule has 6 nitrogen and oxygen atoms in total. The average molecular weight is 229 g/mol. The Morgan fingerprint density at radius 1 is 1.38 bits per heavy atom. The normalized spacial score (nSPS) is 11.5. The van der Waals surface area contributed by atoms with Gasteiger partial charge in [0, 0.05) is 5.56 Å². The Bertz CT molecular complexity index is 348. The Balaban J connectivity index is 2.81. The van der Waals surface area contributed by atoms with E-state index in [9.17, 15) is 4.79 Å². The highest BCUT2D eigenvalue weighted by Crippen LogP contribution is 2.11. The Labute approximate surface area is 92.5 Å². The summed E-state index contributed by atoms with van der Waals surface area (Å²) in [4.78, 5) is 11.7. The number of carbonyl (C=O) groups is 1. The molecule has 0 aromatic carbocycles. The minimum atomic E-state index is -1.43. The first kappa shape index (κ1) is 12.7. The summed E-state index contributed by atoms with van der Waals surface area (Å²) in [7, 11) is 0. The lowest BCUT2D eigenvalue weighted by Gasteiger charge is -2.28. The van der Waals surface area contributed by atoms with E-state index < -0.39 is 31.3 Å². The zero-order chi connectivity index (χ0) is 12.2. The van der Waals surface area contributed by atoms with Crippen LogP contribution in [0.15, 0.2) is 16.7 Å². The second kappa shape index (κ2) is 5.11. The van der Waals surface area contributed by atoms with Crippen molar-refractivity contribution in [2.45, 2.75) is 12.5 Å². The maximum atomic E-state index is 11.7. The van der Waals surface area contributed by atoms with Crippen molar-refractivity contribution in [1.82, 2.24) is 5.32 Å². The van der Waals surface area contributed by atoms with E-state index in [0.29, 0.717) is 5.56 Å². The molecule has 0 spiro atoms. The lowest BCUT2D eigenvalue weighted by Crippen LogP contribution is -2.57. The first-order valence-corrected chi connectivity index (χ1v) is 4.78. The maximum absolute atomic E-state index is 11.7. The van der Waals surface area contributed by atoms with Crippen molar-refractivity contribution in [2.24, 2.45) is 0 Å². The van der Waals surface area contributed by atoms with E-state index in [1.807, 2.05) is 0 Å². The van der Waals surface area contributed by atoms with Crippen LogP contribution in [0, 0.1) is 6.92 Å². The molecular weight excluding hydrogens is 214 g/mol. The number of amides is 1. The smallest absolute Gasteiger partial charge is 0.287 e. The second-order valence-corrected chi connectivity index (χ2v) is 3.64. The Kier molecular flexibility index (Phi) is 4.05. The average Bonchev–Trinajstić information content (AvgIpc) is 2.72. The van der Waals surface area contributed by atoms with Crippen LogP contribution in [0.2, 0.25) is 0 Å². The molecule has 6 heteroatoms. The summed E-state index contributed by atoms with van der Waals surface area (Å²) in [6.45, 7) is -0.000576. The molecule has 1 rings (SSSR count). The lowest BCUT2D eigenvalue weighted by atomic mass is 10.0. The van der Waals surface area contributed by atoms with Gasteiger partial charge in [-0.3, -0.25) is 4.79 Å². The highest BCUT2D eigenvalue weighted by atomic mass is 16.3. The molecule has 0 unspecified atom stereocenters. The zero-order valence-corrected chi connectivity index (χ0v) is 8.93. The molecule has 16 heavy (non-hydrogen) atoms. The van der Waals surface area contributed by atoms with Crippen molar-refractivity contribution in [3.63, 3.8) is 0 Å². The number of aryl methyl sites for hydroxylation is 1. The summed E-state index contributed by atoms with van der Waals surface area (Å²) >= 11 is 0. The summed E-state index contributed by atoms with van der Waals surface area (Å²) in [5.41, 5.74) is -0.795. The van der Waals surface area contributed by atoms with E-state index in [-0.39, 0.29) is 5.76 Å². The van der Waals surface area contributed by atoms with Gasteiger partial charge in [0.25, 0.3) is 5.91 Å². The summed E-state index contributed by atoms with van der Waals surface area (Å²) in [6, 6.07) is 1.62. The van der Waals surface area contributed by atoms with Crippen molar-refractivity contribution < 1.29 is 24.5 Å². The number of aliphatic hydroxyl groups excluding tert-OH is 3. The molecule has 0 radical (unpaired) electrons. The van der Waals surface area contributed by atoms with E-state index in [1.165, 1.54) is 6.26 Å². The minimum Gasteiger partial charge on any atom is -0.459 e. The fourth-order valence-corrected chi connectivity index (χ4v) is 1.17. The minimum absolute atomic E-state index is 0.0970. The van der Waals surface area contributed by atoms with Gasteiger partial charge in [0.1, 0.15) is 5.54 Å². The van der Waals surface area contributed by atoms with Gasteiger partial charge in [-0.25, -0.2) is 0 Å². The molecule has 1 heterocycles. The Morgan fingerprint density at radius 2 is 1.94 bits per heavy atom. The van der Waals surface area contributed by atoms with Crippen molar-refractivity contribution in [1.29, 1.82) is 0 Å². The van der Waals surface area contributed by atoms with Crippen LogP contribution in [0.3, 0.4) is 0 Å². The SMILES string of the molecule is Cc1ccoc1C(=O)NC(CO)(CO)CO. The van der Waals surface area contributed by atoms with Gasteiger partial charge in [-0.15, -0.1) is 0 Å². The monoisotopic (exact) mass is 229 g/mol. The predicted molar refractivity (Wildman–Crippen MR) is 54.9 cm³/mol. The fraction of sp³-hybridized carbons (Fsp3) is 0.500. The van der Waals surface area contributed by atoms with Gasteiger partial charge in [-0.2, -0.15) is 0 Å². The molecule has 0 saturated carbocycles. The van der Waals surface area contributed by atoms with E-state index in [4.69, 9.17) is 19.7 Å². The number of furan rings is 1. The standard InChI is InChI=1S/C10H15NO5/c1-7-2-3-16-8(7)9(15)11-10(4-12,5-13)6-14/h2-3,12-14H,4-6H2,1H3,(H,11,15). The van der Waals surface area contributed by atoms with E-state index in [0.717, 1.165) is 0 Å². The Hall–Kier alpha value is -1.37. The van der Waals surface area contributed by atoms with Crippen LogP contribution in [0.25, 0.3) is 0 Å². The van der Waals surface area contributed by atoms with Crippen LogP contribution >= 0.6 is 0 Å². The van der Waals surface area contributed by atoms with Gasteiger partial charge in [-0.05, 0) is 13.0 Å². The van der Waals surface area contributed by atoms with Gasteiger partial charge >= 0.3 is 0 Å². The highest BCUT2D eigenvalue weighted by Gasteiger charge is 2.31. The molecule has 1 aromatic heterocycles. The third kappa shape index (κ3) is 2.41. The van der Waals surface area contributed by atoms with Crippen LogP contribution in [0.4, 0.5) is 0 Å². The van der Waals surface area contributed by atoms with Gasteiger partial charge in [-0.1, -0.05) is 0 Å². The largest absolute Gasteiger partial charge is 0.459 e. The van der Waals surface area contributed by atoms with Gasteiger partial charge in [0.05, 0.1) is 26.1 Å². The molecule has 0 saturated heterocycles. The van der Waals surface area contributed by atoms with Crippen molar-refractivity contribution >= 4 is 5.91 Å². The number of nitrogens with one attached hydrogen (secondary N) is 1. The number of hydrogen-bond acceptors (Lipinski definition) is 5. The molecule has 0 fully saturated rings. The van der Waals surface area contributed by atoms with Crippen molar-refractivity contribution in [2.75, 3.05) is 19.8 Å². The molecule has 0 atom stereocenters. The first-order chi connectivity index (χ1) is 7.58. The van der Waals surface area contributed by atoms with E-state index in [2.05, 4.69) is 5.32 Å². The van der Waals surface area contributed by atoms with Crippen molar-refractivity contribution in [3.05, 3.63) is 23.7 Å². The number of hydrogen-bond donors (Lipinski definition) is 4. The third-order valence-electron chi connectivity index (χ3n) is 2.36. The number of aliphatic hydroxyl groups is 3. The molecular formula is C10H15NO5. The lowest BCUT2D eigenvalue weighted by molar-refractivity contribution is 0.0363.